The van der Waals surface area contributed by atoms with E-state index in [0.29, 0.717) is 24.4 Å². The highest BCUT2D eigenvalue weighted by Gasteiger charge is 2.23. The van der Waals surface area contributed by atoms with Crippen LogP contribution < -0.4 is 20.4 Å². The molecule has 9 nitrogen and oxygen atoms in total. The van der Waals surface area contributed by atoms with Crippen molar-refractivity contribution in [1.29, 1.82) is 0 Å². The number of phenolic OH excluding ortho intramolecular Hbond substituents is 1. The monoisotopic (exact) mass is 655 g/mol. The number of rotatable bonds is 9. The SMILES string of the molecule is COc1cc2oc(C(=O)N[C@@H](C=C3CCN(c4ccccc4CN4CCCCC4=O)CC3)Cc3ccc(Cl)cc3)cc(=O)c2cc1O. The molecule has 0 unspecified atom stereocenters. The number of phenols is 1. The van der Waals surface area contributed by atoms with Crippen LogP contribution in [0.3, 0.4) is 0 Å². The summed E-state index contributed by atoms with van der Waals surface area (Å²) in [6.45, 7) is 3.06. The topological polar surface area (TPSA) is 112 Å². The first-order valence-electron chi connectivity index (χ1n) is 16.0. The summed E-state index contributed by atoms with van der Waals surface area (Å²) in [4.78, 5) is 43.2. The lowest BCUT2D eigenvalue weighted by atomic mass is 9.97. The van der Waals surface area contributed by atoms with Crippen LogP contribution in [0.5, 0.6) is 11.5 Å². The van der Waals surface area contributed by atoms with Gasteiger partial charge in [0.25, 0.3) is 5.91 Å². The largest absolute Gasteiger partial charge is 0.504 e. The second-order valence-corrected chi connectivity index (χ2v) is 12.6. The van der Waals surface area contributed by atoms with Gasteiger partial charge in [-0.1, -0.05) is 53.6 Å². The van der Waals surface area contributed by atoms with Crippen molar-refractivity contribution in [3.05, 3.63) is 111 Å². The second kappa shape index (κ2) is 14.3. The van der Waals surface area contributed by atoms with Gasteiger partial charge in [-0.2, -0.15) is 0 Å². The summed E-state index contributed by atoms with van der Waals surface area (Å²) >= 11 is 6.13. The number of fused-ring (bicyclic) bond motifs is 1. The lowest BCUT2D eigenvalue weighted by Crippen LogP contribution is -2.37. The van der Waals surface area contributed by atoms with Crippen molar-refractivity contribution >= 4 is 40.1 Å². The van der Waals surface area contributed by atoms with Crippen LogP contribution in [0.2, 0.25) is 5.02 Å². The van der Waals surface area contributed by atoms with Crippen LogP contribution in [-0.2, 0) is 17.8 Å². The minimum Gasteiger partial charge on any atom is -0.504 e. The molecule has 0 bridgehead atoms. The maximum absolute atomic E-state index is 13.5. The van der Waals surface area contributed by atoms with E-state index in [1.54, 1.807) is 0 Å². The van der Waals surface area contributed by atoms with Crippen molar-refractivity contribution in [1.82, 2.24) is 10.2 Å². The minimum atomic E-state index is -0.523. The quantitative estimate of drug-likeness (QED) is 0.205. The molecule has 3 aromatic carbocycles. The molecule has 2 amide bonds. The third-order valence-electron chi connectivity index (χ3n) is 8.90. The van der Waals surface area contributed by atoms with E-state index in [1.807, 2.05) is 41.3 Å². The number of hydrogen-bond donors (Lipinski definition) is 2. The summed E-state index contributed by atoms with van der Waals surface area (Å²) in [6, 6.07) is 19.3. The summed E-state index contributed by atoms with van der Waals surface area (Å²) in [7, 11) is 1.39. The van der Waals surface area contributed by atoms with Crippen molar-refractivity contribution in [2.24, 2.45) is 0 Å². The number of likely N-dealkylation sites (tertiary alicyclic amines) is 1. The molecule has 0 spiro atoms. The van der Waals surface area contributed by atoms with E-state index in [0.717, 1.165) is 68.2 Å². The molecule has 2 fully saturated rings. The van der Waals surface area contributed by atoms with Gasteiger partial charge in [-0.15, -0.1) is 0 Å². The maximum atomic E-state index is 13.5. The summed E-state index contributed by atoms with van der Waals surface area (Å²) in [5.41, 5.74) is 4.24. The summed E-state index contributed by atoms with van der Waals surface area (Å²) in [6.07, 6.45) is 6.90. The molecule has 1 atom stereocenters. The molecule has 2 saturated heterocycles. The summed E-state index contributed by atoms with van der Waals surface area (Å²) in [5, 5.41) is 13.9. The Bertz CT molecular complexity index is 1860. The van der Waals surface area contributed by atoms with Gasteiger partial charge in [-0.05, 0) is 67.5 Å². The van der Waals surface area contributed by atoms with Crippen LogP contribution >= 0.6 is 11.6 Å². The number of piperidine rings is 2. The molecule has 2 aliphatic heterocycles. The molecule has 10 heteroatoms. The van der Waals surface area contributed by atoms with Gasteiger partial charge >= 0.3 is 0 Å². The number of benzene rings is 3. The Morgan fingerprint density at radius 2 is 1.79 bits per heavy atom. The number of ether oxygens (including phenoxy) is 1. The Kier molecular flexibility index (Phi) is 9.82. The standard InChI is InChI=1S/C37H38ClN3O6/c1-46-34-22-33-29(20-32(34)43)31(42)21-35(47-33)37(45)39-28(18-24-9-11-27(38)12-10-24)19-25-13-16-40(17-14-25)30-7-3-2-6-26(30)23-41-15-5-4-8-36(41)44/h2-3,6-7,9-12,19-22,28,43H,4-5,8,13-18,23H2,1H3,(H,39,45)/t28-/m1/s1. The highest BCUT2D eigenvalue weighted by atomic mass is 35.5. The van der Waals surface area contributed by atoms with Gasteiger partial charge in [0.2, 0.25) is 5.91 Å². The van der Waals surface area contributed by atoms with Gasteiger partial charge in [0.15, 0.2) is 22.7 Å². The van der Waals surface area contributed by atoms with Crippen molar-refractivity contribution in [2.45, 2.75) is 51.1 Å². The van der Waals surface area contributed by atoms with Gasteiger partial charge < -0.3 is 29.4 Å². The average molecular weight is 656 g/mol. The molecule has 2 aliphatic rings. The highest BCUT2D eigenvalue weighted by molar-refractivity contribution is 6.30. The number of para-hydroxylation sites is 1. The van der Waals surface area contributed by atoms with Crippen LogP contribution in [0.4, 0.5) is 5.69 Å². The third kappa shape index (κ3) is 7.63. The van der Waals surface area contributed by atoms with Crippen molar-refractivity contribution in [2.75, 3.05) is 31.6 Å². The van der Waals surface area contributed by atoms with E-state index in [9.17, 15) is 19.5 Å². The average Bonchev–Trinajstić information content (AvgIpc) is 3.07. The summed E-state index contributed by atoms with van der Waals surface area (Å²) in [5.74, 6) is -0.479. The number of hydrogen-bond acceptors (Lipinski definition) is 7. The molecule has 2 N–H and O–H groups in total. The zero-order chi connectivity index (χ0) is 32.9. The van der Waals surface area contributed by atoms with E-state index in [4.69, 9.17) is 20.8 Å². The molecule has 0 radical (unpaired) electrons. The fraction of sp³-hybridized carbons (Fsp3) is 0.324. The van der Waals surface area contributed by atoms with E-state index >= 15 is 0 Å². The van der Waals surface area contributed by atoms with Crippen molar-refractivity contribution < 1.29 is 23.8 Å². The fourth-order valence-electron chi connectivity index (χ4n) is 6.39. The predicted molar refractivity (Wildman–Crippen MR) is 182 cm³/mol. The molecule has 0 saturated carbocycles. The first-order valence-corrected chi connectivity index (χ1v) is 16.4. The van der Waals surface area contributed by atoms with Crippen molar-refractivity contribution in [3.63, 3.8) is 0 Å². The number of carbonyl (C=O) groups excluding carboxylic acids is 2. The van der Waals surface area contributed by atoms with Crippen LogP contribution in [0, 0.1) is 0 Å². The second-order valence-electron chi connectivity index (χ2n) is 12.1. The predicted octanol–water partition coefficient (Wildman–Crippen LogP) is 6.24. The van der Waals surface area contributed by atoms with Crippen LogP contribution in [0.15, 0.2) is 87.6 Å². The Balaban J connectivity index is 1.20. The molecule has 1 aromatic heterocycles. The third-order valence-corrected chi connectivity index (χ3v) is 9.15. The molecule has 0 aliphatic carbocycles. The molecular weight excluding hydrogens is 618 g/mol. The minimum absolute atomic E-state index is 0.131. The summed E-state index contributed by atoms with van der Waals surface area (Å²) < 4.78 is 11.0. The lowest BCUT2D eigenvalue weighted by Gasteiger charge is -2.34. The van der Waals surface area contributed by atoms with E-state index in [2.05, 4.69) is 28.4 Å². The number of nitrogens with zero attached hydrogens (tertiary/aromatic N) is 2. The Hall–Kier alpha value is -4.76. The lowest BCUT2D eigenvalue weighted by molar-refractivity contribution is -0.133. The molecule has 47 heavy (non-hydrogen) atoms. The highest BCUT2D eigenvalue weighted by Crippen LogP contribution is 2.31. The number of carbonyl (C=O) groups is 2. The molecule has 6 rings (SSSR count). The smallest absolute Gasteiger partial charge is 0.287 e. The van der Waals surface area contributed by atoms with Crippen LogP contribution in [-0.4, -0.2) is 54.6 Å². The Morgan fingerprint density at radius 3 is 2.53 bits per heavy atom. The first-order chi connectivity index (χ1) is 22.8. The number of amides is 2. The molecule has 4 aromatic rings. The van der Waals surface area contributed by atoms with Crippen LogP contribution in [0.25, 0.3) is 11.0 Å². The van der Waals surface area contributed by atoms with Gasteiger partial charge in [-0.25, -0.2) is 0 Å². The fourth-order valence-corrected chi connectivity index (χ4v) is 6.51. The Morgan fingerprint density at radius 1 is 1.02 bits per heavy atom. The Labute approximate surface area is 278 Å². The van der Waals surface area contributed by atoms with Crippen LogP contribution in [0.1, 0.15) is 53.8 Å². The molecule has 244 valence electrons. The van der Waals surface area contributed by atoms with E-state index in [-0.39, 0.29) is 40.2 Å². The number of methoxy groups -OCH3 is 1. The van der Waals surface area contributed by atoms with Gasteiger partial charge in [-0.3, -0.25) is 14.4 Å². The number of anilines is 1. The molecule has 3 heterocycles. The molecular formula is C37H38ClN3O6. The van der Waals surface area contributed by atoms with E-state index < -0.39 is 11.3 Å². The van der Waals surface area contributed by atoms with E-state index in [1.165, 1.54) is 24.8 Å². The normalized spacial score (nSPS) is 15.9. The number of nitrogens with one attached hydrogen (secondary N) is 1. The van der Waals surface area contributed by atoms with Gasteiger partial charge in [0, 0.05) is 55.4 Å². The first kappa shape index (κ1) is 32.2. The van der Waals surface area contributed by atoms with Crippen molar-refractivity contribution in [3.8, 4) is 11.5 Å². The zero-order valence-electron chi connectivity index (χ0n) is 26.3. The van der Waals surface area contributed by atoms with Gasteiger partial charge in [0.1, 0.15) is 5.58 Å². The number of halogens is 1. The number of aromatic hydroxyl groups is 1. The van der Waals surface area contributed by atoms with Gasteiger partial charge in [0.05, 0.1) is 18.5 Å². The zero-order valence-corrected chi connectivity index (χ0v) is 27.1. The maximum Gasteiger partial charge on any atom is 0.287 e.